The lowest BCUT2D eigenvalue weighted by molar-refractivity contribution is 0.299. The van der Waals surface area contributed by atoms with Crippen molar-refractivity contribution >= 4 is 11.6 Å². The van der Waals surface area contributed by atoms with Gasteiger partial charge >= 0.3 is 0 Å². The summed E-state index contributed by atoms with van der Waals surface area (Å²) in [5.41, 5.74) is 0.759. The molecular weight excluding hydrogens is 167 g/mol. The Kier molecular flexibility index (Phi) is 2.85. The normalized spacial score (nSPS) is 10.1. The molecule has 0 aliphatic rings. The first-order valence-electron chi connectivity index (χ1n) is 3.29. The average molecular weight is 175 g/mol. The molecule has 1 N–H and O–H groups in total. The van der Waals surface area contributed by atoms with Gasteiger partial charge < -0.3 is 5.11 Å². The van der Waals surface area contributed by atoms with Crippen LogP contribution in [0.25, 0.3) is 0 Å². The first kappa shape index (κ1) is 8.50. The maximum atomic E-state index is 12.7. The minimum Gasteiger partial charge on any atom is -0.396 e. The van der Waals surface area contributed by atoms with E-state index < -0.39 is 5.82 Å². The first-order valence-corrected chi connectivity index (χ1v) is 3.66. The molecule has 1 aromatic rings. The molecule has 0 amide bonds. The molecule has 0 radical (unpaired) electrons. The van der Waals surface area contributed by atoms with E-state index in [1.54, 1.807) is 6.07 Å². The molecule has 0 fully saturated rings. The zero-order valence-electron chi connectivity index (χ0n) is 5.85. The third-order valence-corrected chi connectivity index (χ3v) is 1.69. The van der Waals surface area contributed by atoms with E-state index in [-0.39, 0.29) is 11.6 Å². The third-order valence-electron chi connectivity index (χ3n) is 1.38. The van der Waals surface area contributed by atoms with Gasteiger partial charge in [0.1, 0.15) is 5.82 Å². The van der Waals surface area contributed by atoms with Crippen LogP contribution < -0.4 is 0 Å². The fourth-order valence-electron chi connectivity index (χ4n) is 0.824. The van der Waals surface area contributed by atoms with E-state index in [0.717, 1.165) is 5.56 Å². The predicted octanol–water partition coefficient (Wildman–Crippen LogP) is 2.01. The Morgan fingerprint density at radius 3 is 2.73 bits per heavy atom. The fourth-order valence-corrected chi connectivity index (χ4v) is 0.942. The van der Waals surface area contributed by atoms with Crippen LogP contribution in [-0.2, 0) is 6.42 Å². The number of hydrogen-bond acceptors (Lipinski definition) is 1. The lowest BCUT2D eigenvalue weighted by atomic mass is 10.2. The minimum absolute atomic E-state index is 0.0288. The van der Waals surface area contributed by atoms with Crippen molar-refractivity contribution in [3.63, 3.8) is 0 Å². The second-order valence-electron chi connectivity index (χ2n) is 2.22. The molecule has 0 heterocycles. The quantitative estimate of drug-likeness (QED) is 0.728. The number of benzene rings is 1. The molecule has 0 aliphatic heterocycles. The molecule has 1 nitrogen and oxygen atoms in total. The van der Waals surface area contributed by atoms with Crippen molar-refractivity contribution in [1.29, 1.82) is 0 Å². The van der Waals surface area contributed by atoms with Gasteiger partial charge in [-0.2, -0.15) is 0 Å². The smallest absolute Gasteiger partial charge is 0.142 e. The van der Waals surface area contributed by atoms with Crippen LogP contribution in [0.15, 0.2) is 18.2 Å². The van der Waals surface area contributed by atoms with E-state index >= 15 is 0 Å². The molecule has 0 saturated heterocycles. The van der Waals surface area contributed by atoms with Gasteiger partial charge in [-0.15, -0.1) is 0 Å². The van der Waals surface area contributed by atoms with Crippen LogP contribution in [0.5, 0.6) is 0 Å². The molecule has 1 aromatic carbocycles. The lowest BCUT2D eigenvalue weighted by Crippen LogP contribution is -1.91. The van der Waals surface area contributed by atoms with Crippen molar-refractivity contribution < 1.29 is 9.50 Å². The topological polar surface area (TPSA) is 20.2 Å². The lowest BCUT2D eigenvalue weighted by Gasteiger charge is -1.98. The first-order chi connectivity index (χ1) is 5.24. The van der Waals surface area contributed by atoms with E-state index in [1.807, 2.05) is 0 Å². The van der Waals surface area contributed by atoms with E-state index in [1.165, 1.54) is 12.1 Å². The molecule has 60 valence electrons. The number of aliphatic hydroxyl groups excluding tert-OH is 1. The van der Waals surface area contributed by atoms with Crippen LogP contribution in [-0.4, -0.2) is 11.7 Å². The second-order valence-corrected chi connectivity index (χ2v) is 2.63. The van der Waals surface area contributed by atoms with E-state index in [2.05, 4.69) is 0 Å². The molecule has 0 aromatic heterocycles. The highest BCUT2D eigenvalue weighted by Gasteiger charge is 1.99. The monoisotopic (exact) mass is 174 g/mol. The summed E-state index contributed by atoms with van der Waals surface area (Å²) in [6.07, 6.45) is 0.466. The molecule has 0 bridgehead atoms. The van der Waals surface area contributed by atoms with Gasteiger partial charge in [-0.3, -0.25) is 0 Å². The van der Waals surface area contributed by atoms with Gasteiger partial charge in [0.15, 0.2) is 0 Å². The molecule has 3 heteroatoms. The maximum Gasteiger partial charge on any atom is 0.142 e. The van der Waals surface area contributed by atoms with E-state index in [9.17, 15) is 4.39 Å². The Morgan fingerprint density at radius 2 is 2.18 bits per heavy atom. The highest BCUT2D eigenvalue weighted by atomic mass is 35.5. The average Bonchev–Trinajstić information content (AvgIpc) is 1.98. The highest BCUT2D eigenvalue weighted by molar-refractivity contribution is 6.30. The minimum atomic E-state index is -0.433. The van der Waals surface area contributed by atoms with Crippen LogP contribution in [0.4, 0.5) is 4.39 Å². The molecule has 0 aliphatic carbocycles. The summed E-state index contributed by atoms with van der Waals surface area (Å²) >= 11 is 5.44. The Hall–Kier alpha value is -0.600. The number of hydrogen-bond donors (Lipinski definition) is 1. The van der Waals surface area contributed by atoms with Crippen molar-refractivity contribution in [1.82, 2.24) is 0 Å². The van der Waals surface area contributed by atoms with Gasteiger partial charge in [-0.05, 0) is 24.1 Å². The zero-order chi connectivity index (χ0) is 8.27. The Morgan fingerprint density at radius 1 is 1.45 bits per heavy atom. The molecule has 11 heavy (non-hydrogen) atoms. The van der Waals surface area contributed by atoms with Gasteiger partial charge in [-0.25, -0.2) is 4.39 Å². The molecule has 0 spiro atoms. The Labute approximate surface area is 69.4 Å². The summed E-state index contributed by atoms with van der Waals surface area (Å²) < 4.78 is 12.7. The molecule has 0 atom stereocenters. The number of aliphatic hydroxyl groups is 1. The summed E-state index contributed by atoms with van der Waals surface area (Å²) in [6, 6.07) is 4.52. The summed E-state index contributed by atoms with van der Waals surface area (Å²) in [7, 11) is 0. The van der Waals surface area contributed by atoms with Gasteiger partial charge in [-0.1, -0.05) is 17.7 Å². The maximum absolute atomic E-state index is 12.7. The van der Waals surface area contributed by atoms with Crippen LogP contribution in [0, 0.1) is 5.82 Å². The van der Waals surface area contributed by atoms with Gasteiger partial charge in [0, 0.05) is 6.61 Å². The zero-order valence-corrected chi connectivity index (χ0v) is 6.61. The Bertz CT molecular complexity index is 250. The molecule has 0 saturated carbocycles. The number of rotatable bonds is 2. The van der Waals surface area contributed by atoms with Crippen LogP contribution in [0.1, 0.15) is 5.56 Å². The summed E-state index contributed by atoms with van der Waals surface area (Å²) in [4.78, 5) is 0. The molecule has 1 rings (SSSR count). The SMILES string of the molecule is OCCc1ccc(Cl)c(F)c1. The molecular formula is C8H8ClFO. The van der Waals surface area contributed by atoms with Gasteiger partial charge in [0.2, 0.25) is 0 Å². The van der Waals surface area contributed by atoms with E-state index in [4.69, 9.17) is 16.7 Å². The van der Waals surface area contributed by atoms with Crippen LogP contribution in [0.2, 0.25) is 5.02 Å². The number of halogens is 2. The molecule has 0 unspecified atom stereocenters. The third kappa shape index (κ3) is 2.17. The van der Waals surface area contributed by atoms with Crippen molar-refractivity contribution in [3.05, 3.63) is 34.6 Å². The van der Waals surface area contributed by atoms with Crippen LogP contribution >= 0.6 is 11.6 Å². The fraction of sp³-hybridized carbons (Fsp3) is 0.250. The largest absolute Gasteiger partial charge is 0.396 e. The van der Waals surface area contributed by atoms with Gasteiger partial charge in [0.05, 0.1) is 5.02 Å². The van der Waals surface area contributed by atoms with E-state index in [0.29, 0.717) is 6.42 Å². The summed E-state index contributed by atoms with van der Waals surface area (Å²) in [5.74, 6) is -0.433. The summed E-state index contributed by atoms with van der Waals surface area (Å²) in [6.45, 7) is 0.0288. The van der Waals surface area contributed by atoms with Crippen molar-refractivity contribution in [2.45, 2.75) is 6.42 Å². The Balaban J connectivity index is 2.86. The van der Waals surface area contributed by atoms with Crippen molar-refractivity contribution in [2.24, 2.45) is 0 Å². The van der Waals surface area contributed by atoms with Crippen molar-refractivity contribution in [3.8, 4) is 0 Å². The van der Waals surface area contributed by atoms with Gasteiger partial charge in [0.25, 0.3) is 0 Å². The predicted molar refractivity (Wildman–Crippen MR) is 42.2 cm³/mol. The second kappa shape index (κ2) is 3.69. The van der Waals surface area contributed by atoms with Crippen molar-refractivity contribution in [2.75, 3.05) is 6.61 Å². The standard InChI is InChI=1S/C8H8ClFO/c9-7-2-1-6(3-4-11)5-8(7)10/h1-2,5,11H,3-4H2. The summed E-state index contributed by atoms with van der Waals surface area (Å²) in [5, 5.41) is 8.64. The van der Waals surface area contributed by atoms with Crippen LogP contribution in [0.3, 0.4) is 0 Å². The highest BCUT2D eigenvalue weighted by Crippen LogP contribution is 2.15.